The summed E-state index contributed by atoms with van der Waals surface area (Å²) >= 11 is 0. The first-order valence-electron chi connectivity index (χ1n) is 8.56. The summed E-state index contributed by atoms with van der Waals surface area (Å²) in [6.07, 6.45) is 1.94. The van der Waals surface area contributed by atoms with Crippen molar-refractivity contribution in [3.63, 3.8) is 0 Å². The zero-order valence-corrected chi connectivity index (χ0v) is 14.1. The molecule has 3 N–H and O–H groups in total. The number of amides is 1. The molecule has 0 spiro atoms. The Morgan fingerprint density at radius 2 is 1.96 bits per heavy atom. The van der Waals surface area contributed by atoms with Crippen LogP contribution in [-0.2, 0) is 9.53 Å². The summed E-state index contributed by atoms with van der Waals surface area (Å²) < 4.78 is 16.9. The second kappa shape index (κ2) is 5.36. The molecule has 2 fully saturated rings. The van der Waals surface area contributed by atoms with E-state index in [4.69, 9.17) is 19.9 Å². The van der Waals surface area contributed by atoms with Crippen molar-refractivity contribution in [2.24, 2.45) is 17.1 Å². The molecule has 0 aromatic heterocycles. The number of carbonyl (C=O) groups is 1. The maximum atomic E-state index is 13.0. The smallest absolute Gasteiger partial charge is 0.245 e. The number of rotatable bonds is 2. The summed E-state index contributed by atoms with van der Waals surface area (Å²) in [4.78, 5) is 13.0. The molecule has 24 heavy (non-hydrogen) atoms. The van der Waals surface area contributed by atoms with Crippen LogP contribution in [0, 0.1) is 11.3 Å². The van der Waals surface area contributed by atoms with Crippen molar-refractivity contribution >= 4 is 11.6 Å². The Bertz CT molecular complexity index is 675. The molecular formula is C18H24N2O4. The highest BCUT2D eigenvalue weighted by Gasteiger charge is 2.70. The summed E-state index contributed by atoms with van der Waals surface area (Å²) in [6.45, 7) is 5.84. The van der Waals surface area contributed by atoms with Crippen LogP contribution in [0.25, 0.3) is 0 Å². The number of fused-ring (bicyclic) bond motifs is 2. The molecule has 0 bridgehead atoms. The van der Waals surface area contributed by atoms with Crippen molar-refractivity contribution in [1.29, 1.82) is 0 Å². The molecule has 1 aromatic carbocycles. The fraction of sp³-hybridized carbons (Fsp3) is 0.611. The van der Waals surface area contributed by atoms with Gasteiger partial charge in [-0.3, -0.25) is 4.79 Å². The molecule has 130 valence electrons. The lowest BCUT2D eigenvalue weighted by molar-refractivity contribution is -0.222. The van der Waals surface area contributed by atoms with Gasteiger partial charge in [0.1, 0.15) is 18.8 Å². The topological polar surface area (TPSA) is 82.8 Å². The number of nitrogens with one attached hydrogen (secondary N) is 1. The summed E-state index contributed by atoms with van der Waals surface area (Å²) in [6, 6.07) is 5.41. The maximum absolute atomic E-state index is 13.0. The maximum Gasteiger partial charge on any atom is 0.245 e. The first kappa shape index (κ1) is 15.7. The Morgan fingerprint density at radius 3 is 2.75 bits per heavy atom. The van der Waals surface area contributed by atoms with Crippen molar-refractivity contribution in [2.45, 2.75) is 38.3 Å². The van der Waals surface area contributed by atoms with Crippen molar-refractivity contribution in [3.8, 4) is 11.5 Å². The fourth-order valence-corrected chi connectivity index (χ4v) is 4.39. The quantitative estimate of drug-likeness (QED) is 0.865. The second-order valence-corrected chi connectivity index (χ2v) is 7.44. The van der Waals surface area contributed by atoms with E-state index in [-0.39, 0.29) is 17.9 Å². The first-order chi connectivity index (χ1) is 11.4. The molecule has 6 nitrogen and oxygen atoms in total. The summed E-state index contributed by atoms with van der Waals surface area (Å²) in [7, 11) is 0. The van der Waals surface area contributed by atoms with E-state index in [0.29, 0.717) is 30.4 Å². The van der Waals surface area contributed by atoms with Crippen LogP contribution in [0.2, 0.25) is 0 Å². The monoisotopic (exact) mass is 332 g/mol. The van der Waals surface area contributed by atoms with E-state index in [9.17, 15) is 4.79 Å². The molecule has 1 saturated carbocycles. The Balaban J connectivity index is 1.55. The van der Waals surface area contributed by atoms with Gasteiger partial charge in [-0.15, -0.1) is 0 Å². The van der Waals surface area contributed by atoms with Crippen LogP contribution in [0.3, 0.4) is 0 Å². The molecule has 0 radical (unpaired) electrons. The van der Waals surface area contributed by atoms with Crippen LogP contribution in [0.4, 0.5) is 5.69 Å². The van der Waals surface area contributed by atoms with Gasteiger partial charge >= 0.3 is 0 Å². The predicted molar refractivity (Wildman–Crippen MR) is 89.2 cm³/mol. The fourth-order valence-electron chi connectivity index (χ4n) is 4.39. The van der Waals surface area contributed by atoms with E-state index in [0.717, 1.165) is 19.4 Å². The number of carbonyl (C=O) groups excluding carboxylic acids is 1. The molecule has 3 atom stereocenters. The molecule has 3 unspecified atom stereocenters. The Labute approximate surface area is 141 Å². The van der Waals surface area contributed by atoms with Crippen LogP contribution < -0.4 is 20.5 Å². The zero-order chi connectivity index (χ0) is 16.9. The molecule has 6 heteroatoms. The molecule has 4 rings (SSSR count). The van der Waals surface area contributed by atoms with Crippen LogP contribution in [0.5, 0.6) is 11.5 Å². The van der Waals surface area contributed by atoms with E-state index in [1.54, 1.807) is 6.07 Å². The number of hydrogen-bond donors (Lipinski definition) is 2. The average molecular weight is 332 g/mol. The van der Waals surface area contributed by atoms with Gasteiger partial charge in [0.15, 0.2) is 11.5 Å². The molecule has 1 aliphatic carbocycles. The minimum absolute atomic E-state index is 0.0577. The highest BCUT2D eigenvalue weighted by Crippen LogP contribution is 2.57. The Morgan fingerprint density at radius 1 is 1.21 bits per heavy atom. The Hall–Kier alpha value is -1.79. The third-order valence-electron chi connectivity index (χ3n) is 5.86. The number of nitrogens with two attached hydrogens (primary N) is 1. The molecule has 1 amide bonds. The molecule has 3 aliphatic rings. The van der Waals surface area contributed by atoms with Crippen molar-refractivity contribution in [3.05, 3.63) is 18.2 Å². The van der Waals surface area contributed by atoms with Crippen LogP contribution in [-0.4, -0.2) is 37.4 Å². The van der Waals surface area contributed by atoms with Crippen molar-refractivity contribution in [2.75, 3.05) is 25.1 Å². The number of anilines is 1. The minimum atomic E-state index is -0.925. The van der Waals surface area contributed by atoms with Crippen LogP contribution in [0.1, 0.15) is 26.7 Å². The van der Waals surface area contributed by atoms with Gasteiger partial charge in [0.2, 0.25) is 5.91 Å². The number of ether oxygens (including phenoxy) is 3. The average Bonchev–Trinajstić information content (AvgIpc) is 2.60. The standard InChI is InChI=1S/C18H24N2O4/c1-17(2)15-12(4-3-7-24-15)18(17,19)16(21)20-11-5-6-13-14(10-11)23-9-8-22-13/h5-6,10,12,15H,3-4,7-9,19H2,1-2H3,(H,20,21). The van der Waals surface area contributed by atoms with Gasteiger partial charge in [0, 0.05) is 29.7 Å². The van der Waals surface area contributed by atoms with Crippen LogP contribution >= 0.6 is 0 Å². The third-order valence-corrected chi connectivity index (χ3v) is 5.86. The highest BCUT2D eigenvalue weighted by molar-refractivity contribution is 6.00. The van der Waals surface area contributed by atoms with Gasteiger partial charge in [0.25, 0.3) is 0 Å². The zero-order valence-electron chi connectivity index (χ0n) is 14.1. The van der Waals surface area contributed by atoms with Gasteiger partial charge in [-0.1, -0.05) is 13.8 Å². The lowest BCUT2D eigenvalue weighted by Gasteiger charge is -2.65. The van der Waals surface area contributed by atoms with Gasteiger partial charge in [0.05, 0.1) is 6.10 Å². The normalized spacial score (nSPS) is 33.1. The largest absolute Gasteiger partial charge is 0.486 e. The lowest BCUT2D eigenvalue weighted by Crippen LogP contribution is -2.81. The first-order valence-corrected chi connectivity index (χ1v) is 8.56. The van der Waals surface area contributed by atoms with Crippen molar-refractivity contribution in [1.82, 2.24) is 0 Å². The highest BCUT2D eigenvalue weighted by atomic mass is 16.6. The summed E-state index contributed by atoms with van der Waals surface area (Å²) in [5.41, 5.74) is 5.97. The lowest BCUT2D eigenvalue weighted by atomic mass is 9.46. The van der Waals surface area contributed by atoms with Gasteiger partial charge in [-0.25, -0.2) is 0 Å². The molecular weight excluding hydrogens is 308 g/mol. The SMILES string of the molecule is CC1(C)C2OCCCC2C1(N)C(=O)Nc1ccc2c(c1)OCCO2. The predicted octanol–water partition coefficient (Wildman–Crippen LogP) is 1.93. The van der Waals surface area contributed by atoms with Crippen LogP contribution in [0.15, 0.2) is 18.2 Å². The summed E-state index contributed by atoms with van der Waals surface area (Å²) in [5.74, 6) is 1.26. The third kappa shape index (κ3) is 2.06. The van der Waals surface area contributed by atoms with E-state index in [1.807, 2.05) is 26.0 Å². The van der Waals surface area contributed by atoms with Crippen molar-refractivity contribution < 1.29 is 19.0 Å². The number of hydrogen-bond acceptors (Lipinski definition) is 5. The van der Waals surface area contributed by atoms with E-state index < -0.39 is 11.0 Å². The van der Waals surface area contributed by atoms with Gasteiger partial charge in [-0.2, -0.15) is 0 Å². The van der Waals surface area contributed by atoms with Gasteiger partial charge in [-0.05, 0) is 25.0 Å². The molecule has 2 heterocycles. The number of benzene rings is 1. The minimum Gasteiger partial charge on any atom is -0.486 e. The summed E-state index contributed by atoms with van der Waals surface area (Å²) in [5, 5.41) is 2.97. The Kier molecular flexibility index (Phi) is 3.51. The second-order valence-electron chi connectivity index (χ2n) is 7.44. The van der Waals surface area contributed by atoms with E-state index >= 15 is 0 Å². The van der Waals surface area contributed by atoms with E-state index in [1.165, 1.54) is 0 Å². The molecule has 1 aromatic rings. The van der Waals surface area contributed by atoms with Gasteiger partial charge < -0.3 is 25.3 Å². The van der Waals surface area contributed by atoms with E-state index in [2.05, 4.69) is 5.32 Å². The molecule has 2 aliphatic heterocycles. The molecule has 1 saturated heterocycles.